The SMILES string of the molecule is N#Cc1nccnc1NC(c1cccc(F)c1)c1ccccn1. The Kier molecular flexibility index (Phi) is 4.20. The molecule has 0 spiro atoms. The fraction of sp³-hybridized carbons (Fsp3) is 0.0588. The van der Waals surface area contributed by atoms with Gasteiger partial charge in [-0.25, -0.2) is 14.4 Å². The van der Waals surface area contributed by atoms with E-state index in [1.165, 1.54) is 24.5 Å². The second-order valence-corrected chi connectivity index (χ2v) is 4.75. The number of nitriles is 1. The molecule has 0 radical (unpaired) electrons. The van der Waals surface area contributed by atoms with Gasteiger partial charge in [0.25, 0.3) is 0 Å². The highest BCUT2D eigenvalue weighted by molar-refractivity contribution is 5.50. The molecule has 2 heterocycles. The third-order valence-corrected chi connectivity index (χ3v) is 3.25. The van der Waals surface area contributed by atoms with E-state index in [1.54, 1.807) is 24.4 Å². The Hall–Kier alpha value is -3.33. The molecule has 0 amide bonds. The van der Waals surface area contributed by atoms with Crippen LogP contribution in [0, 0.1) is 17.1 Å². The van der Waals surface area contributed by atoms with Gasteiger partial charge in [-0.05, 0) is 29.8 Å². The highest BCUT2D eigenvalue weighted by Crippen LogP contribution is 2.25. The summed E-state index contributed by atoms with van der Waals surface area (Å²) in [5.74, 6) is -0.0141. The van der Waals surface area contributed by atoms with E-state index >= 15 is 0 Å². The first-order chi connectivity index (χ1) is 11.3. The van der Waals surface area contributed by atoms with E-state index in [1.807, 2.05) is 18.2 Å². The molecule has 0 aliphatic heterocycles. The van der Waals surface area contributed by atoms with E-state index in [9.17, 15) is 4.39 Å². The summed E-state index contributed by atoms with van der Waals surface area (Å²) in [5, 5.41) is 12.3. The largest absolute Gasteiger partial charge is 0.355 e. The van der Waals surface area contributed by atoms with E-state index in [0.717, 1.165) is 0 Å². The zero-order valence-electron chi connectivity index (χ0n) is 12.0. The maximum Gasteiger partial charge on any atom is 0.183 e. The molecule has 3 rings (SSSR count). The van der Waals surface area contributed by atoms with Crippen LogP contribution in [0.5, 0.6) is 0 Å². The van der Waals surface area contributed by atoms with Crippen LogP contribution in [-0.4, -0.2) is 15.0 Å². The lowest BCUT2D eigenvalue weighted by Gasteiger charge is -2.19. The van der Waals surface area contributed by atoms with Crippen molar-refractivity contribution in [2.45, 2.75) is 6.04 Å². The molecular weight excluding hydrogens is 293 g/mol. The second-order valence-electron chi connectivity index (χ2n) is 4.75. The molecule has 0 bridgehead atoms. The number of pyridine rings is 1. The van der Waals surface area contributed by atoms with Gasteiger partial charge < -0.3 is 5.32 Å². The molecule has 0 aliphatic rings. The van der Waals surface area contributed by atoms with Gasteiger partial charge in [0.2, 0.25) is 0 Å². The van der Waals surface area contributed by atoms with Crippen LogP contribution in [0.3, 0.4) is 0 Å². The minimum atomic E-state index is -0.448. The molecule has 5 nitrogen and oxygen atoms in total. The normalized spacial score (nSPS) is 11.5. The summed E-state index contributed by atoms with van der Waals surface area (Å²) in [5.41, 5.74) is 1.54. The van der Waals surface area contributed by atoms with Crippen molar-refractivity contribution < 1.29 is 4.39 Å². The molecule has 0 aliphatic carbocycles. The first-order valence-electron chi connectivity index (χ1n) is 6.92. The molecule has 23 heavy (non-hydrogen) atoms. The number of benzene rings is 1. The van der Waals surface area contributed by atoms with Crippen LogP contribution in [-0.2, 0) is 0 Å². The summed E-state index contributed by atoms with van der Waals surface area (Å²) >= 11 is 0. The van der Waals surface area contributed by atoms with Gasteiger partial charge in [-0.1, -0.05) is 18.2 Å². The minimum absolute atomic E-state index is 0.171. The number of anilines is 1. The number of halogens is 1. The Morgan fingerprint density at radius 3 is 2.61 bits per heavy atom. The van der Waals surface area contributed by atoms with Crippen LogP contribution >= 0.6 is 0 Å². The summed E-state index contributed by atoms with van der Waals surface area (Å²) in [7, 11) is 0. The maximum atomic E-state index is 13.6. The van der Waals surface area contributed by atoms with E-state index in [4.69, 9.17) is 5.26 Å². The molecule has 0 saturated heterocycles. The van der Waals surface area contributed by atoms with E-state index in [2.05, 4.69) is 20.3 Å². The highest BCUT2D eigenvalue weighted by atomic mass is 19.1. The van der Waals surface area contributed by atoms with Crippen LogP contribution in [0.25, 0.3) is 0 Å². The van der Waals surface area contributed by atoms with E-state index < -0.39 is 6.04 Å². The van der Waals surface area contributed by atoms with Gasteiger partial charge in [-0.3, -0.25) is 4.98 Å². The van der Waals surface area contributed by atoms with Gasteiger partial charge in [-0.15, -0.1) is 0 Å². The summed E-state index contributed by atoms with van der Waals surface area (Å²) in [6.45, 7) is 0. The summed E-state index contributed by atoms with van der Waals surface area (Å²) in [6.07, 6.45) is 4.59. The predicted octanol–water partition coefficient (Wildman–Crippen LogP) is 3.08. The lowest BCUT2D eigenvalue weighted by atomic mass is 10.0. The van der Waals surface area contributed by atoms with Gasteiger partial charge in [0.15, 0.2) is 11.5 Å². The molecule has 1 unspecified atom stereocenters. The zero-order valence-corrected chi connectivity index (χ0v) is 12.0. The number of hydrogen-bond acceptors (Lipinski definition) is 5. The molecule has 6 heteroatoms. The molecular formula is C17H12FN5. The number of rotatable bonds is 4. The lowest BCUT2D eigenvalue weighted by molar-refractivity contribution is 0.624. The van der Waals surface area contributed by atoms with Crippen LogP contribution in [0.4, 0.5) is 10.2 Å². The zero-order chi connectivity index (χ0) is 16.1. The fourth-order valence-electron chi connectivity index (χ4n) is 2.22. The predicted molar refractivity (Wildman–Crippen MR) is 82.8 cm³/mol. The Labute approximate surface area is 132 Å². The van der Waals surface area contributed by atoms with Gasteiger partial charge in [-0.2, -0.15) is 5.26 Å². The summed E-state index contributed by atoms with van der Waals surface area (Å²) in [4.78, 5) is 12.4. The monoisotopic (exact) mass is 305 g/mol. The number of aromatic nitrogens is 3. The quantitative estimate of drug-likeness (QED) is 0.801. The van der Waals surface area contributed by atoms with Gasteiger partial charge in [0, 0.05) is 18.6 Å². The summed E-state index contributed by atoms with van der Waals surface area (Å²) < 4.78 is 13.6. The molecule has 0 saturated carbocycles. The minimum Gasteiger partial charge on any atom is -0.355 e. The number of hydrogen-bond donors (Lipinski definition) is 1. The third-order valence-electron chi connectivity index (χ3n) is 3.25. The van der Waals surface area contributed by atoms with Gasteiger partial charge in [0.05, 0.1) is 11.7 Å². The van der Waals surface area contributed by atoms with Gasteiger partial charge >= 0.3 is 0 Å². The van der Waals surface area contributed by atoms with Crippen LogP contribution in [0.2, 0.25) is 0 Å². The Balaban J connectivity index is 2.04. The van der Waals surface area contributed by atoms with Crippen LogP contribution in [0.15, 0.2) is 61.1 Å². The van der Waals surface area contributed by atoms with Crippen molar-refractivity contribution in [2.75, 3.05) is 5.32 Å². The molecule has 0 fully saturated rings. The second kappa shape index (κ2) is 6.62. The van der Waals surface area contributed by atoms with Crippen molar-refractivity contribution >= 4 is 5.82 Å². The van der Waals surface area contributed by atoms with Crippen molar-refractivity contribution in [1.29, 1.82) is 5.26 Å². The number of nitrogens with one attached hydrogen (secondary N) is 1. The average Bonchev–Trinajstić information content (AvgIpc) is 2.60. The fourth-order valence-corrected chi connectivity index (χ4v) is 2.22. The van der Waals surface area contributed by atoms with Crippen molar-refractivity contribution in [3.63, 3.8) is 0 Å². The summed E-state index contributed by atoms with van der Waals surface area (Å²) in [6, 6.07) is 13.2. The van der Waals surface area contributed by atoms with E-state index in [-0.39, 0.29) is 11.5 Å². The number of nitrogens with zero attached hydrogens (tertiary/aromatic N) is 4. The molecule has 1 N–H and O–H groups in total. The topological polar surface area (TPSA) is 74.5 Å². The molecule has 2 aromatic heterocycles. The standard InChI is InChI=1S/C17H12FN5/c18-13-5-3-4-12(10-13)16(14-6-1-2-7-20-14)23-17-15(11-19)21-8-9-22-17/h1-10,16H,(H,22,23). The smallest absolute Gasteiger partial charge is 0.183 e. The Morgan fingerprint density at radius 2 is 1.87 bits per heavy atom. The van der Waals surface area contributed by atoms with Crippen molar-refractivity contribution in [2.24, 2.45) is 0 Å². The molecule has 1 aromatic carbocycles. The first kappa shape index (κ1) is 14.6. The van der Waals surface area contributed by atoms with E-state index in [0.29, 0.717) is 17.1 Å². The maximum absolute atomic E-state index is 13.6. The van der Waals surface area contributed by atoms with Crippen molar-refractivity contribution in [3.05, 3.63) is 83.8 Å². The molecule has 112 valence electrons. The van der Waals surface area contributed by atoms with Crippen LogP contribution < -0.4 is 5.32 Å². The van der Waals surface area contributed by atoms with Crippen molar-refractivity contribution in [1.82, 2.24) is 15.0 Å². The Morgan fingerprint density at radius 1 is 1.00 bits per heavy atom. The molecule has 3 aromatic rings. The Bertz CT molecular complexity index is 845. The third kappa shape index (κ3) is 3.30. The van der Waals surface area contributed by atoms with Crippen molar-refractivity contribution in [3.8, 4) is 6.07 Å². The van der Waals surface area contributed by atoms with Gasteiger partial charge in [0.1, 0.15) is 11.9 Å². The molecule has 1 atom stereocenters. The highest BCUT2D eigenvalue weighted by Gasteiger charge is 2.18. The average molecular weight is 305 g/mol. The lowest BCUT2D eigenvalue weighted by Crippen LogP contribution is -2.16. The first-order valence-corrected chi connectivity index (χ1v) is 6.92. The van der Waals surface area contributed by atoms with Crippen LogP contribution in [0.1, 0.15) is 23.0 Å².